The Balaban J connectivity index is 2.12. The third-order valence-electron chi connectivity index (χ3n) is 3.40. The van der Waals surface area contributed by atoms with Crippen LogP contribution in [0.15, 0.2) is 0 Å². The van der Waals surface area contributed by atoms with E-state index in [1.807, 2.05) is 0 Å². The van der Waals surface area contributed by atoms with Crippen molar-refractivity contribution in [1.29, 1.82) is 0 Å². The van der Waals surface area contributed by atoms with E-state index in [-0.39, 0.29) is 0 Å². The van der Waals surface area contributed by atoms with E-state index in [1.165, 1.54) is 4.90 Å². The molecule has 2 saturated heterocycles. The van der Waals surface area contributed by atoms with Crippen LogP contribution >= 0.6 is 0 Å². The predicted octanol–water partition coefficient (Wildman–Crippen LogP) is 1.85. The van der Waals surface area contributed by atoms with Crippen LogP contribution in [0.2, 0.25) is 0 Å². The van der Waals surface area contributed by atoms with Crippen LogP contribution in [0.25, 0.3) is 0 Å². The van der Waals surface area contributed by atoms with Gasteiger partial charge in [-0.25, -0.2) is 13.6 Å². The van der Waals surface area contributed by atoms with Crippen LogP contribution in [0, 0.1) is 5.92 Å². The lowest BCUT2D eigenvalue weighted by Crippen LogP contribution is -2.49. The molecule has 0 unspecified atom stereocenters. The predicted molar refractivity (Wildman–Crippen MR) is 62.7 cm³/mol. The number of carbonyl (C=O) groups excluding carboxylic acids is 1. The molecule has 2 fully saturated rings. The molecule has 0 aromatic heterocycles. The van der Waals surface area contributed by atoms with Gasteiger partial charge in [0.2, 0.25) is 0 Å². The van der Waals surface area contributed by atoms with Crippen molar-refractivity contribution in [1.82, 2.24) is 10.2 Å². The molecule has 104 valence electrons. The normalized spacial score (nSPS) is 31.1. The number of ether oxygens (including phenoxy) is 1. The van der Waals surface area contributed by atoms with E-state index < -0.39 is 36.1 Å². The lowest BCUT2D eigenvalue weighted by molar-refractivity contribution is -0.0365. The van der Waals surface area contributed by atoms with Crippen molar-refractivity contribution in [3.05, 3.63) is 0 Å². The molecule has 0 aromatic carbocycles. The number of alkyl halides is 2. The number of hydrogen-bond donors (Lipinski definition) is 1. The van der Waals surface area contributed by atoms with Gasteiger partial charge >= 0.3 is 6.09 Å². The second-order valence-corrected chi connectivity index (χ2v) is 6.04. The molecule has 0 aromatic rings. The number of carbonyl (C=O) groups is 1. The highest BCUT2D eigenvalue weighted by Crippen LogP contribution is 2.41. The Kier molecular flexibility index (Phi) is 3.25. The third-order valence-corrected chi connectivity index (χ3v) is 3.40. The number of rotatable bonds is 0. The second-order valence-electron chi connectivity index (χ2n) is 6.04. The van der Waals surface area contributed by atoms with Crippen LogP contribution < -0.4 is 5.32 Å². The van der Waals surface area contributed by atoms with Crippen molar-refractivity contribution in [2.45, 2.75) is 44.8 Å². The van der Waals surface area contributed by atoms with Crippen molar-refractivity contribution < 1.29 is 18.3 Å². The standard InChI is InChI=1S/C12H20F2N2O2/c1-11(2,3)18-10(17)16-7-12(13,14)8-4-5-15-6-9(8)16/h8-9,15H,4-7H2,1-3H3/t8-,9+/m1/s1. The van der Waals surface area contributed by atoms with E-state index >= 15 is 0 Å². The van der Waals surface area contributed by atoms with Crippen molar-refractivity contribution in [2.24, 2.45) is 5.92 Å². The average Bonchev–Trinajstić information content (AvgIpc) is 2.50. The Bertz CT molecular complexity index is 341. The van der Waals surface area contributed by atoms with Gasteiger partial charge in [-0.15, -0.1) is 0 Å². The number of fused-ring (bicyclic) bond motifs is 1. The molecule has 0 saturated carbocycles. The molecule has 2 rings (SSSR count). The van der Waals surface area contributed by atoms with E-state index in [9.17, 15) is 13.6 Å². The van der Waals surface area contributed by atoms with Crippen LogP contribution in [0.3, 0.4) is 0 Å². The number of amides is 1. The molecule has 2 aliphatic heterocycles. The lowest BCUT2D eigenvalue weighted by atomic mass is 9.91. The number of likely N-dealkylation sites (tertiary alicyclic amines) is 1. The summed E-state index contributed by atoms with van der Waals surface area (Å²) in [6, 6.07) is -0.455. The maximum absolute atomic E-state index is 13.8. The van der Waals surface area contributed by atoms with Gasteiger partial charge in [-0.05, 0) is 33.7 Å². The quantitative estimate of drug-likeness (QED) is 0.724. The minimum atomic E-state index is -2.80. The van der Waals surface area contributed by atoms with Gasteiger partial charge in [0.15, 0.2) is 0 Å². The van der Waals surface area contributed by atoms with E-state index in [2.05, 4.69) is 5.32 Å². The Morgan fingerprint density at radius 1 is 1.44 bits per heavy atom. The zero-order valence-electron chi connectivity index (χ0n) is 11.0. The minimum absolute atomic E-state index is 0.400. The summed E-state index contributed by atoms with van der Waals surface area (Å²) in [7, 11) is 0. The summed E-state index contributed by atoms with van der Waals surface area (Å²) < 4.78 is 32.9. The fourth-order valence-electron chi connectivity index (χ4n) is 2.64. The topological polar surface area (TPSA) is 41.6 Å². The number of halogens is 2. The Morgan fingerprint density at radius 3 is 2.72 bits per heavy atom. The van der Waals surface area contributed by atoms with Crippen molar-refractivity contribution in [3.63, 3.8) is 0 Å². The molecule has 0 bridgehead atoms. The highest BCUT2D eigenvalue weighted by Gasteiger charge is 2.56. The molecule has 2 atom stereocenters. The molecule has 1 N–H and O–H groups in total. The summed E-state index contributed by atoms with van der Waals surface area (Å²) in [5.41, 5.74) is -0.660. The van der Waals surface area contributed by atoms with Crippen molar-refractivity contribution in [3.8, 4) is 0 Å². The molecule has 4 nitrogen and oxygen atoms in total. The molecule has 1 amide bonds. The zero-order chi connectivity index (χ0) is 13.6. The molecule has 0 spiro atoms. The van der Waals surface area contributed by atoms with Crippen molar-refractivity contribution in [2.75, 3.05) is 19.6 Å². The number of nitrogens with zero attached hydrogens (tertiary/aromatic N) is 1. The van der Waals surface area contributed by atoms with Crippen LogP contribution in [0.4, 0.5) is 13.6 Å². The largest absolute Gasteiger partial charge is 0.444 e. The lowest BCUT2D eigenvalue weighted by Gasteiger charge is -2.33. The molecule has 2 heterocycles. The summed E-state index contributed by atoms with van der Waals surface area (Å²) in [4.78, 5) is 13.1. The molecule has 2 aliphatic rings. The van der Waals surface area contributed by atoms with Gasteiger partial charge in [-0.3, -0.25) is 4.90 Å². The summed E-state index contributed by atoms with van der Waals surface area (Å²) >= 11 is 0. The van der Waals surface area contributed by atoms with Crippen LogP contribution in [0.1, 0.15) is 27.2 Å². The Hall–Kier alpha value is -0.910. The van der Waals surface area contributed by atoms with Gasteiger partial charge in [0.1, 0.15) is 5.60 Å². The van der Waals surface area contributed by atoms with E-state index in [4.69, 9.17) is 4.74 Å². The molecule has 6 heteroatoms. The van der Waals surface area contributed by atoms with Gasteiger partial charge in [0, 0.05) is 12.5 Å². The van der Waals surface area contributed by atoms with Crippen LogP contribution in [-0.2, 0) is 4.74 Å². The number of piperidine rings is 1. The molecule has 0 aliphatic carbocycles. The van der Waals surface area contributed by atoms with Crippen LogP contribution in [-0.4, -0.2) is 48.2 Å². The van der Waals surface area contributed by atoms with E-state index in [0.29, 0.717) is 19.5 Å². The monoisotopic (exact) mass is 262 g/mol. The third kappa shape index (κ3) is 2.58. The van der Waals surface area contributed by atoms with Crippen LogP contribution in [0.5, 0.6) is 0 Å². The zero-order valence-corrected chi connectivity index (χ0v) is 11.0. The summed E-state index contributed by atoms with van der Waals surface area (Å²) in [5.74, 6) is -3.55. The summed E-state index contributed by atoms with van der Waals surface area (Å²) in [6.45, 7) is 5.67. The van der Waals surface area contributed by atoms with Gasteiger partial charge in [-0.2, -0.15) is 0 Å². The summed E-state index contributed by atoms with van der Waals surface area (Å²) in [6.07, 6.45) is -0.241. The Morgan fingerprint density at radius 2 is 2.11 bits per heavy atom. The highest BCUT2D eigenvalue weighted by atomic mass is 19.3. The molecule has 18 heavy (non-hydrogen) atoms. The van der Waals surface area contributed by atoms with Gasteiger partial charge in [-0.1, -0.05) is 0 Å². The van der Waals surface area contributed by atoms with E-state index in [0.717, 1.165) is 0 Å². The maximum atomic E-state index is 13.8. The first-order valence-electron chi connectivity index (χ1n) is 6.29. The minimum Gasteiger partial charge on any atom is -0.444 e. The van der Waals surface area contributed by atoms with Gasteiger partial charge < -0.3 is 10.1 Å². The molecular formula is C12H20F2N2O2. The number of nitrogens with one attached hydrogen (secondary N) is 1. The molecular weight excluding hydrogens is 242 g/mol. The van der Waals surface area contributed by atoms with Crippen molar-refractivity contribution >= 4 is 6.09 Å². The smallest absolute Gasteiger partial charge is 0.410 e. The first-order chi connectivity index (χ1) is 8.21. The van der Waals surface area contributed by atoms with E-state index in [1.54, 1.807) is 20.8 Å². The first kappa shape index (κ1) is 13.5. The van der Waals surface area contributed by atoms with Gasteiger partial charge in [0.25, 0.3) is 5.92 Å². The SMILES string of the molecule is CC(C)(C)OC(=O)N1CC(F)(F)[C@@H]2CCNC[C@@H]21. The highest BCUT2D eigenvalue weighted by molar-refractivity contribution is 5.69. The second kappa shape index (κ2) is 4.33. The average molecular weight is 262 g/mol. The maximum Gasteiger partial charge on any atom is 0.410 e. The summed E-state index contributed by atoms with van der Waals surface area (Å²) in [5, 5.41) is 3.06. The van der Waals surface area contributed by atoms with Gasteiger partial charge in [0.05, 0.1) is 12.6 Å². The number of hydrogen-bond acceptors (Lipinski definition) is 3. The fourth-order valence-corrected chi connectivity index (χ4v) is 2.64. The molecule has 0 radical (unpaired) electrons. The Labute approximate surface area is 106 Å². The fraction of sp³-hybridized carbons (Fsp3) is 0.917. The first-order valence-corrected chi connectivity index (χ1v) is 6.29.